The molecule has 0 bridgehead atoms. The van der Waals surface area contributed by atoms with E-state index in [0.717, 1.165) is 6.54 Å². The van der Waals surface area contributed by atoms with E-state index in [1.165, 1.54) is 0 Å². The van der Waals surface area contributed by atoms with Gasteiger partial charge in [0, 0.05) is 26.6 Å². The van der Waals surface area contributed by atoms with E-state index in [9.17, 15) is 9.59 Å². The molecule has 19 heavy (non-hydrogen) atoms. The van der Waals surface area contributed by atoms with Crippen LogP contribution >= 0.6 is 0 Å². The Morgan fingerprint density at radius 1 is 1.16 bits per heavy atom. The van der Waals surface area contributed by atoms with Crippen LogP contribution in [0.25, 0.3) is 0 Å². The molecule has 0 aliphatic carbocycles. The molecule has 0 aliphatic rings. The van der Waals surface area contributed by atoms with Gasteiger partial charge in [0.05, 0.1) is 0 Å². The summed E-state index contributed by atoms with van der Waals surface area (Å²) in [5.74, 6) is 0.303. The standard InChI is InChI=1S/C14H29N3O2/c1-10(2)9-12(18)16-13(11(3)4)14(19)17(6)8-7-15-5/h10-11,13,15H,7-9H2,1-6H3,(H,16,18). The molecule has 1 atom stereocenters. The first-order chi connectivity index (χ1) is 8.79. The Morgan fingerprint density at radius 2 is 1.74 bits per heavy atom. The van der Waals surface area contributed by atoms with Crippen LogP contribution in [0.4, 0.5) is 0 Å². The fraction of sp³-hybridized carbons (Fsp3) is 0.857. The predicted octanol–water partition coefficient (Wildman–Crippen LogP) is 0.851. The molecule has 2 amide bonds. The number of likely N-dealkylation sites (N-methyl/N-ethyl adjacent to an activating group) is 2. The van der Waals surface area contributed by atoms with Gasteiger partial charge in [-0.1, -0.05) is 27.7 Å². The van der Waals surface area contributed by atoms with Gasteiger partial charge in [0.1, 0.15) is 6.04 Å². The number of hydrogen-bond donors (Lipinski definition) is 2. The van der Waals surface area contributed by atoms with Gasteiger partial charge in [-0.05, 0) is 18.9 Å². The second-order valence-corrected chi connectivity index (χ2v) is 5.75. The summed E-state index contributed by atoms with van der Waals surface area (Å²) >= 11 is 0. The highest BCUT2D eigenvalue weighted by molar-refractivity contribution is 5.87. The molecule has 0 rings (SSSR count). The zero-order valence-corrected chi connectivity index (χ0v) is 13.1. The normalized spacial score (nSPS) is 12.6. The van der Waals surface area contributed by atoms with Crippen molar-refractivity contribution in [2.24, 2.45) is 11.8 Å². The summed E-state index contributed by atoms with van der Waals surface area (Å²) in [6.07, 6.45) is 0.455. The van der Waals surface area contributed by atoms with Crippen molar-refractivity contribution in [1.82, 2.24) is 15.5 Å². The molecule has 0 saturated heterocycles. The second-order valence-electron chi connectivity index (χ2n) is 5.75. The molecule has 5 heteroatoms. The first-order valence-electron chi connectivity index (χ1n) is 6.98. The van der Waals surface area contributed by atoms with Crippen molar-refractivity contribution in [3.05, 3.63) is 0 Å². The maximum absolute atomic E-state index is 12.3. The molecule has 0 spiro atoms. The molecule has 5 nitrogen and oxygen atoms in total. The van der Waals surface area contributed by atoms with Crippen LogP contribution in [0.5, 0.6) is 0 Å². The van der Waals surface area contributed by atoms with Crippen molar-refractivity contribution in [3.8, 4) is 0 Å². The molecule has 2 N–H and O–H groups in total. The Bertz CT molecular complexity index is 290. The van der Waals surface area contributed by atoms with Crippen molar-refractivity contribution in [2.45, 2.75) is 40.2 Å². The molecule has 0 aromatic rings. The number of nitrogens with one attached hydrogen (secondary N) is 2. The quantitative estimate of drug-likeness (QED) is 0.688. The van der Waals surface area contributed by atoms with Crippen LogP contribution in [0.3, 0.4) is 0 Å². The van der Waals surface area contributed by atoms with Gasteiger partial charge in [-0.2, -0.15) is 0 Å². The van der Waals surface area contributed by atoms with Crippen LogP contribution < -0.4 is 10.6 Å². The Hall–Kier alpha value is -1.10. The summed E-state index contributed by atoms with van der Waals surface area (Å²) in [6, 6.07) is -0.437. The fourth-order valence-corrected chi connectivity index (χ4v) is 1.74. The van der Waals surface area contributed by atoms with Crippen molar-refractivity contribution in [2.75, 3.05) is 27.2 Å². The number of nitrogens with zero attached hydrogens (tertiary/aromatic N) is 1. The molecule has 0 aromatic heterocycles. The van der Waals surface area contributed by atoms with Crippen LogP contribution in [0.15, 0.2) is 0 Å². The maximum atomic E-state index is 12.3. The minimum absolute atomic E-state index is 0.0256. The Balaban J connectivity index is 4.54. The van der Waals surface area contributed by atoms with E-state index in [0.29, 0.717) is 18.9 Å². The Labute approximate surface area is 117 Å². The zero-order chi connectivity index (χ0) is 15.0. The van der Waals surface area contributed by atoms with E-state index in [-0.39, 0.29) is 17.7 Å². The summed E-state index contributed by atoms with van der Waals surface area (Å²) in [5, 5.41) is 5.86. The molecule has 112 valence electrons. The van der Waals surface area contributed by atoms with Gasteiger partial charge in [-0.3, -0.25) is 9.59 Å². The zero-order valence-electron chi connectivity index (χ0n) is 13.1. The monoisotopic (exact) mass is 271 g/mol. The van der Waals surface area contributed by atoms with E-state index in [1.54, 1.807) is 11.9 Å². The fourth-order valence-electron chi connectivity index (χ4n) is 1.74. The third-order valence-electron chi connectivity index (χ3n) is 2.92. The Morgan fingerprint density at radius 3 is 2.16 bits per heavy atom. The Kier molecular flexibility index (Phi) is 8.39. The number of hydrogen-bond acceptors (Lipinski definition) is 3. The van der Waals surface area contributed by atoms with Crippen LogP contribution in [0, 0.1) is 11.8 Å². The number of carbonyl (C=O) groups is 2. The van der Waals surface area contributed by atoms with Gasteiger partial charge in [-0.15, -0.1) is 0 Å². The third-order valence-corrected chi connectivity index (χ3v) is 2.92. The van der Waals surface area contributed by atoms with E-state index in [2.05, 4.69) is 10.6 Å². The smallest absolute Gasteiger partial charge is 0.245 e. The largest absolute Gasteiger partial charge is 0.344 e. The van der Waals surface area contributed by atoms with Crippen LogP contribution in [-0.4, -0.2) is 49.9 Å². The van der Waals surface area contributed by atoms with Gasteiger partial charge in [0.2, 0.25) is 11.8 Å². The predicted molar refractivity (Wildman–Crippen MR) is 77.8 cm³/mol. The lowest BCUT2D eigenvalue weighted by Gasteiger charge is -2.27. The highest BCUT2D eigenvalue weighted by Gasteiger charge is 2.26. The minimum Gasteiger partial charge on any atom is -0.344 e. The highest BCUT2D eigenvalue weighted by atomic mass is 16.2. The van der Waals surface area contributed by atoms with Gasteiger partial charge in [-0.25, -0.2) is 0 Å². The second kappa shape index (κ2) is 8.91. The lowest BCUT2D eigenvalue weighted by Crippen LogP contribution is -2.51. The molecular formula is C14H29N3O2. The van der Waals surface area contributed by atoms with Crippen molar-refractivity contribution >= 4 is 11.8 Å². The third kappa shape index (κ3) is 7.15. The SMILES string of the molecule is CNCCN(C)C(=O)C(NC(=O)CC(C)C)C(C)C. The molecule has 0 saturated carbocycles. The van der Waals surface area contributed by atoms with Crippen LogP contribution in [0.1, 0.15) is 34.1 Å². The summed E-state index contributed by atoms with van der Waals surface area (Å²) < 4.78 is 0. The lowest BCUT2D eigenvalue weighted by atomic mass is 10.0. The van der Waals surface area contributed by atoms with Crippen molar-refractivity contribution in [3.63, 3.8) is 0 Å². The number of rotatable bonds is 8. The summed E-state index contributed by atoms with van der Waals surface area (Å²) in [4.78, 5) is 25.8. The molecule has 0 heterocycles. The minimum atomic E-state index is -0.437. The molecular weight excluding hydrogens is 242 g/mol. The molecule has 0 aromatic carbocycles. The summed E-state index contributed by atoms with van der Waals surface area (Å²) in [6.45, 7) is 9.26. The number of amides is 2. The average molecular weight is 271 g/mol. The van der Waals surface area contributed by atoms with Crippen molar-refractivity contribution in [1.29, 1.82) is 0 Å². The van der Waals surface area contributed by atoms with E-state index >= 15 is 0 Å². The molecule has 0 aliphatic heterocycles. The van der Waals surface area contributed by atoms with Gasteiger partial charge in [0.15, 0.2) is 0 Å². The first kappa shape index (κ1) is 17.9. The highest BCUT2D eigenvalue weighted by Crippen LogP contribution is 2.07. The topological polar surface area (TPSA) is 61.4 Å². The number of carbonyl (C=O) groups excluding carboxylic acids is 2. The lowest BCUT2D eigenvalue weighted by molar-refractivity contribution is -0.136. The summed E-state index contributed by atoms with van der Waals surface area (Å²) in [7, 11) is 3.62. The average Bonchev–Trinajstić information content (AvgIpc) is 2.30. The van der Waals surface area contributed by atoms with Crippen LogP contribution in [0.2, 0.25) is 0 Å². The molecule has 1 unspecified atom stereocenters. The van der Waals surface area contributed by atoms with Gasteiger partial charge in [0.25, 0.3) is 0 Å². The molecule has 0 radical (unpaired) electrons. The van der Waals surface area contributed by atoms with Gasteiger partial charge >= 0.3 is 0 Å². The van der Waals surface area contributed by atoms with E-state index in [4.69, 9.17) is 0 Å². The van der Waals surface area contributed by atoms with Crippen molar-refractivity contribution < 1.29 is 9.59 Å². The maximum Gasteiger partial charge on any atom is 0.245 e. The van der Waals surface area contributed by atoms with Gasteiger partial charge < -0.3 is 15.5 Å². The van der Waals surface area contributed by atoms with E-state index in [1.807, 2.05) is 34.7 Å². The molecule has 0 fully saturated rings. The van der Waals surface area contributed by atoms with E-state index < -0.39 is 6.04 Å². The van der Waals surface area contributed by atoms with Crippen LogP contribution in [-0.2, 0) is 9.59 Å². The summed E-state index contributed by atoms with van der Waals surface area (Å²) in [5.41, 5.74) is 0. The first-order valence-corrected chi connectivity index (χ1v) is 6.98.